The second-order valence-electron chi connectivity index (χ2n) is 4.54. The van der Waals surface area contributed by atoms with Crippen molar-refractivity contribution in [3.8, 4) is 0 Å². The molecule has 0 radical (unpaired) electrons. The molecule has 1 aliphatic carbocycles. The second kappa shape index (κ2) is 6.21. The van der Waals surface area contributed by atoms with Gasteiger partial charge in [0.1, 0.15) is 0 Å². The minimum Gasteiger partial charge on any atom is -0.345 e. The quantitative estimate of drug-likeness (QED) is 0.774. The third-order valence-electron chi connectivity index (χ3n) is 2.43. The third kappa shape index (κ3) is 5.26. The van der Waals surface area contributed by atoms with E-state index in [1.54, 1.807) is 0 Å². The third-order valence-corrected chi connectivity index (χ3v) is 3.34. The van der Waals surface area contributed by atoms with E-state index >= 15 is 0 Å². The molecule has 0 unspecified atom stereocenters. The molecule has 1 atom stereocenters. The Morgan fingerprint density at radius 3 is 2.93 bits per heavy atom. The van der Waals surface area contributed by atoms with Gasteiger partial charge in [-0.15, -0.1) is 0 Å². The van der Waals surface area contributed by atoms with E-state index in [-0.39, 0.29) is 11.3 Å². The molecular formula is C12H21NOS. The van der Waals surface area contributed by atoms with Gasteiger partial charge in [0, 0.05) is 6.04 Å². The highest BCUT2D eigenvalue weighted by Crippen LogP contribution is 2.29. The van der Waals surface area contributed by atoms with E-state index < -0.39 is 0 Å². The normalized spacial score (nSPS) is 22.1. The average molecular weight is 227 g/mol. The number of nitrogens with one attached hydrogen (secondary N) is 1. The first-order valence-corrected chi connectivity index (χ1v) is 6.58. The molecule has 0 saturated heterocycles. The number of hydrogen-bond acceptors (Lipinski definition) is 2. The molecular weight excluding hydrogens is 206 g/mol. The van der Waals surface area contributed by atoms with Gasteiger partial charge in [0.2, 0.25) is 0 Å². The van der Waals surface area contributed by atoms with Crippen LogP contribution < -0.4 is 5.32 Å². The van der Waals surface area contributed by atoms with E-state index in [4.69, 9.17) is 0 Å². The van der Waals surface area contributed by atoms with Crippen molar-refractivity contribution in [1.82, 2.24) is 5.32 Å². The smallest absolute Gasteiger partial charge is 0.283 e. The molecule has 15 heavy (non-hydrogen) atoms. The van der Waals surface area contributed by atoms with Gasteiger partial charge in [0.15, 0.2) is 0 Å². The summed E-state index contributed by atoms with van der Waals surface area (Å²) >= 11 is 1.38. The van der Waals surface area contributed by atoms with Crippen LogP contribution in [-0.4, -0.2) is 11.3 Å². The van der Waals surface area contributed by atoms with Crippen molar-refractivity contribution < 1.29 is 4.79 Å². The van der Waals surface area contributed by atoms with Crippen molar-refractivity contribution in [3.63, 3.8) is 0 Å². The number of carbonyl (C=O) groups is 1. The maximum Gasteiger partial charge on any atom is 0.283 e. The fraction of sp³-hybridized carbons (Fsp3) is 0.750. The number of amides is 1. The van der Waals surface area contributed by atoms with Gasteiger partial charge in [-0.2, -0.15) is 0 Å². The second-order valence-corrected chi connectivity index (χ2v) is 5.64. The summed E-state index contributed by atoms with van der Waals surface area (Å²) < 4.78 is 0. The molecule has 1 aliphatic rings. The largest absolute Gasteiger partial charge is 0.345 e. The molecule has 86 valence electrons. The number of allylic oxidation sites excluding steroid dienone is 2. The lowest BCUT2D eigenvalue weighted by atomic mass is 10.1. The average Bonchev–Trinajstić information content (AvgIpc) is 2.28. The molecule has 0 bridgehead atoms. The highest BCUT2D eigenvalue weighted by molar-refractivity contribution is 8.16. The lowest BCUT2D eigenvalue weighted by molar-refractivity contribution is 0.259. The minimum atomic E-state index is 0.0883. The first kappa shape index (κ1) is 12.6. The monoisotopic (exact) mass is 227 g/mol. The van der Waals surface area contributed by atoms with Crippen LogP contribution in [-0.2, 0) is 0 Å². The van der Waals surface area contributed by atoms with E-state index in [9.17, 15) is 4.79 Å². The van der Waals surface area contributed by atoms with Gasteiger partial charge >= 0.3 is 0 Å². The van der Waals surface area contributed by atoms with Crippen molar-refractivity contribution in [2.75, 3.05) is 0 Å². The van der Waals surface area contributed by atoms with Gasteiger partial charge in [-0.3, -0.25) is 4.79 Å². The molecule has 1 rings (SSSR count). The fourth-order valence-corrected chi connectivity index (χ4v) is 2.80. The summed E-state index contributed by atoms with van der Waals surface area (Å²) in [6.45, 7) is 6.21. The Labute approximate surface area is 96.9 Å². The summed E-state index contributed by atoms with van der Waals surface area (Å²) in [6, 6.07) is 0.230. The van der Waals surface area contributed by atoms with Crippen LogP contribution in [0.25, 0.3) is 0 Å². The molecule has 1 amide bonds. The Hall–Kier alpha value is -0.440. The summed E-state index contributed by atoms with van der Waals surface area (Å²) in [5.41, 5.74) is 0. The Morgan fingerprint density at radius 1 is 1.53 bits per heavy atom. The number of carbonyl (C=O) groups excluding carboxylic acids is 1. The summed E-state index contributed by atoms with van der Waals surface area (Å²) in [7, 11) is 0. The predicted octanol–water partition coefficient (Wildman–Crippen LogP) is 3.93. The van der Waals surface area contributed by atoms with Crippen LogP contribution >= 0.6 is 11.8 Å². The van der Waals surface area contributed by atoms with Crippen LogP contribution in [0.15, 0.2) is 11.0 Å². The van der Waals surface area contributed by atoms with E-state index in [1.165, 1.54) is 35.9 Å². The highest BCUT2D eigenvalue weighted by Gasteiger charge is 2.12. The Bertz CT molecular complexity index is 248. The van der Waals surface area contributed by atoms with Crippen LogP contribution in [0, 0.1) is 5.92 Å². The van der Waals surface area contributed by atoms with Crippen molar-refractivity contribution in [1.29, 1.82) is 0 Å². The first-order chi connectivity index (χ1) is 7.08. The van der Waals surface area contributed by atoms with E-state index in [2.05, 4.69) is 18.3 Å². The van der Waals surface area contributed by atoms with Crippen molar-refractivity contribution >= 4 is 17.0 Å². The maximum absolute atomic E-state index is 11.6. The minimum absolute atomic E-state index is 0.0883. The number of thioether (sulfide) groups is 1. The molecule has 2 nitrogen and oxygen atoms in total. The standard InChI is InChI=1S/C12H21NOS/c1-9(2)13-12(14)15-11-7-5-4-6-10(3)8-11/h8-10H,4-7H2,1-3H3,(H,13,14)/t10-/m0/s1. The van der Waals surface area contributed by atoms with Crippen molar-refractivity contribution in [3.05, 3.63) is 11.0 Å². The van der Waals surface area contributed by atoms with Crippen LogP contribution in [0.3, 0.4) is 0 Å². The molecule has 0 aromatic heterocycles. The topological polar surface area (TPSA) is 29.1 Å². The van der Waals surface area contributed by atoms with E-state index in [0.717, 1.165) is 6.42 Å². The van der Waals surface area contributed by atoms with Crippen LogP contribution in [0.5, 0.6) is 0 Å². The highest BCUT2D eigenvalue weighted by atomic mass is 32.2. The lowest BCUT2D eigenvalue weighted by Gasteiger charge is -2.09. The van der Waals surface area contributed by atoms with Gasteiger partial charge in [0.25, 0.3) is 5.24 Å². The molecule has 0 aliphatic heterocycles. The summed E-state index contributed by atoms with van der Waals surface area (Å²) in [5, 5.41) is 3.00. The van der Waals surface area contributed by atoms with Crippen molar-refractivity contribution in [2.45, 2.75) is 52.5 Å². The Balaban J connectivity index is 2.45. The zero-order valence-corrected chi connectivity index (χ0v) is 10.7. The van der Waals surface area contributed by atoms with Crippen LogP contribution in [0.4, 0.5) is 4.79 Å². The van der Waals surface area contributed by atoms with Gasteiger partial charge in [-0.1, -0.05) is 19.4 Å². The molecule has 0 aromatic carbocycles. The Kier molecular flexibility index (Phi) is 5.23. The zero-order valence-electron chi connectivity index (χ0n) is 9.88. The number of hydrogen-bond donors (Lipinski definition) is 1. The van der Waals surface area contributed by atoms with E-state index in [0.29, 0.717) is 5.92 Å². The van der Waals surface area contributed by atoms with Crippen molar-refractivity contribution in [2.24, 2.45) is 5.92 Å². The molecule has 0 saturated carbocycles. The molecule has 1 N–H and O–H groups in total. The number of rotatable bonds is 2. The summed E-state index contributed by atoms with van der Waals surface area (Å²) in [6.07, 6.45) is 7.10. The zero-order chi connectivity index (χ0) is 11.3. The predicted molar refractivity (Wildman–Crippen MR) is 67.0 cm³/mol. The first-order valence-electron chi connectivity index (χ1n) is 5.77. The molecule has 0 fully saturated rings. The van der Waals surface area contributed by atoms with Gasteiger partial charge < -0.3 is 5.32 Å². The maximum atomic E-state index is 11.6. The summed E-state index contributed by atoms with van der Waals surface area (Å²) in [4.78, 5) is 12.8. The SMILES string of the molecule is CC(C)NC(=O)SC1=C[C@@H](C)CCCC1. The lowest BCUT2D eigenvalue weighted by Crippen LogP contribution is -2.26. The Morgan fingerprint density at radius 2 is 2.27 bits per heavy atom. The van der Waals surface area contributed by atoms with Gasteiger partial charge in [0.05, 0.1) is 0 Å². The van der Waals surface area contributed by atoms with Gasteiger partial charge in [-0.25, -0.2) is 0 Å². The molecule has 0 aromatic rings. The molecule has 0 spiro atoms. The molecule has 0 heterocycles. The fourth-order valence-electron chi connectivity index (χ4n) is 1.72. The summed E-state index contributed by atoms with van der Waals surface area (Å²) in [5.74, 6) is 0.627. The molecule has 3 heteroatoms. The van der Waals surface area contributed by atoms with Gasteiger partial charge in [-0.05, 0) is 55.7 Å². The van der Waals surface area contributed by atoms with Crippen LogP contribution in [0.2, 0.25) is 0 Å². The van der Waals surface area contributed by atoms with Crippen LogP contribution in [0.1, 0.15) is 46.5 Å². The van der Waals surface area contributed by atoms with E-state index in [1.807, 2.05) is 13.8 Å².